The van der Waals surface area contributed by atoms with Crippen molar-refractivity contribution in [2.75, 3.05) is 24.8 Å². The van der Waals surface area contributed by atoms with Crippen LogP contribution >= 0.6 is 23.2 Å². The molecule has 0 heterocycles. The van der Waals surface area contributed by atoms with Crippen LogP contribution in [0.5, 0.6) is 0 Å². The first-order valence-electron chi connectivity index (χ1n) is 2.55. The first kappa shape index (κ1) is 8.98. The van der Waals surface area contributed by atoms with Crippen molar-refractivity contribution in [3.8, 4) is 0 Å². The average Bonchev–Trinajstić information content (AvgIpc) is 1.88. The van der Waals surface area contributed by atoms with Crippen LogP contribution in [0.1, 0.15) is 0 Å². The molecule has 54 valence electrons. The molecule has 0 aliphatic carbocycles. The van der Waals surface area contributed by atoms with Gasteiger partial charge in [-0.1, -0.05) is 0 Å². The maximum Gasteiger partial charge on any atom is 0.0528 e. The summed E-state index contributed by atoms with van der Waals surface area (Å²) in [5.74, 6) is 0.811. The van der Waals surface area contributed by atoms with Gasteiger partial charge in [-0.2, -0.15) is 0 Å². The van der Waals surface area contributed by atoms with E-state index in [2.05, 4.69) is 5.29 Å². The van der Waals surface area contributed by atoms with Gasteiger partial charge in [-0.05, 0) is 0 Å². The number of nitroso groups, excluding NO2 is 1. The lowest BCUT2D eigenvalue weighted by Gasteiger charge is -2.09. The van der Waals surface area contributed by atoms with E-state index < -0.39 is 0 Å². The van der Waals surface area contributed by atoms with E-state index >= 15 is 0 Å². The van der Waals surface area contributed by atoms with Crippen molar-refractivity contribution in [1.29, 1.82) is 0 Å². The van der Waals surface area contributed by atoms with E-state index in [0.29, 0.717) is 24.8 Å². The molecule has 0 amide bonds. The van der Waals surface area contributed by atoms with Crippen molar-refractivity contribution in [2.45, 2.75) is 0 Å². The zero-order valence-corrected chi connectivity index (χ0v) is 6.40. The Morgan fingerprint density at radius 2 is 1.67 bits per heavy atom. The molecular weight excluding hydrogens is 163 g/mol. The van der Waals surface area contributed by atoms with E-state index in [1.807, 2.05) is 0 Å². The Morgan fingerprint density at radius 1 is 1.22 bits per heavy atom. The molecule has 0 aromatic heterocycles. The van der Waals surface area contributed by atoms with Gasteiger partial charge in [-0.15, -0.1) is 28.1 Å². The Kier molecular flexibility index (Phi) is 6.09. The summed E-state index contributed by atoms with van der Waals surface area (Å²) in [5, 5.41) is 3.97. The predicted molar refractivity (Wildman–Crippen MR) is 38.8 cm³/mol. The monoisotopic (exact) mass is 170 g/mol. The van der Waals surface area contributed by atoms with E-state index in [-0.39, 0.29) is 0 Å². The smallest absolute Gasteiger partial charge is 0.0528 e. The number of halogens is 2. The van der Waals surface area contributed by atoms with Gasteiger partial charge in [0.25, 0.3) is 0 Å². The zero-order chi connectivity index (χ0) is 7.11. The SMILES string of the molecule is O=NN(CCCl)CCCl. The Balaban J connectivity index is 3.29. The van der Waals surface area contributed by atoms with Crippen LogP contribution in [0.3, 0.4) is 0 Å². The summed E-state index contributed by atoms with van der Waals surface area (Å²) in [6.07, 6.45) is 0. The van der Waals surface area contributed by atoms with Gasteiger partial charge >= 0.3 is 0 Å². The maximum absolute atomic E-state index is 9.84. The highest BCUT2D eigenvalue weighted by molar-refractivity contribution is 6.18. The Labute approximate surface area is 63.9 Å². The van der Waals surface area contributed by atoms with E-state index in [1.54, 1.807) is 0 Å². The van der Waals surface area contributed by atoms with Crippen LogP contribution in [0.2, 0.25) is 0 Å². The Hall–Kier alpha value is -0.0200. The summed E-state index contributed by atoms with van der Waals surface area (Å²) in [4.78, 5) is 9.84. The van der Waals surface area contributed by atoms with Crippen molar-refractivity contribution >= 4 is 23.2 Å². The summed E-state index contributed by atoms with van der Waals surface area (Å²) in [5.41, 5.74) is 0. The fraction of sp³-hybridized carbons (Fsp3) is 1.00. The molecule has 0 N–H and O–H groups in total. The largest absolute Gasteiger partial charge is 0.259 e. The summed E-state index contributed by atoms with van der Waals surface area (Å²) in [6, 6.07) is 0. The van der Waals surface area contributed by atoms with Crippen LogP contribution in [0, 0.1) is 4.91 Å². The first-order valence-corrected chi connectivity index (χ1v) is 3.62. The second kappa shape index (κ2) is 6.11. The van der Waals surface area contributed by atoms with Gasteiger partial charge in [0, 0.05) is 11.8 Å². The molecule has 0 radical (unpaired) electrons. The molecule has 0 unspecified atom stereocenters. The van der Waals surface area contributed by atoms with E-state index in [9.17, 15) is 4.91 Å². The van der Waals surface area contributed by atoms with Crippen LogP contribution in [0.25, 0.3) is 0 Å². The number of hydrogen-bond acceptors (Lipinski definition) is 2. The number of rotatable bonds is 5. The van der Waals surface area contributed by atoms with Gasteiger partial charge in [-0.3, -0.25) is 5.01 Å². The lowest BCUT2D eigenvalue weighted by atomic mass is 10.6. The normalized spacial score (nSPS) is 9.11. The third-order valence-corrected chi connectivity index (χ3v) is 1.14. The second-order valence-electron chi connectivity index (χ2n) is 1.41. The molecule has 0 fully saturated rings. The summed E-state index contributed by atoms with van der Waals surface area (Å²) in [7, 11) is 0. The highest BCUT2D eigenvalue weighted by atomic mass is 35.5. The minimum atomic E-state index is 0.405. The second-order valence-corrected chi connectivity index (χ2v) is 2.17. The molecule has 5 heteroatoms. The molecule has 0 saturated carbocycles. The van der Waals surface area contributed by atoms with Crippen LogP contribution < -0.4 is 0 Å². The lowest BCUT2D eigenvalue weighted by Crippen LogP contribution is -2.21. The molecular formula is C4H8Cl2N2O. The molecule has 0 spiro atoms. The van der Waals surface area contributed by atoms with Crippen molar-refractivity contribution in [3.05, 3.63) is 4.91 Å². The predicted octanol–water partition coefficient (Wildman–Crippen LogP) is 1.45. The zero-order valence-electron chi connectivity index (χ0n) is 4.89. The van der Waals surface area contributed by atoms with Crippen LogP contribution in [-0.2, 0) is 0 Å². The highest BCUT2D eigenvalue weighted by Crippen LogP contribution is 1.90. The molecule has 3 nitrogen and oxygen atoms in total. The fourth-order valence-electron chi connectivity index (χ4n) is 0.389. The number of nitrogens with zero attached hydrogens (tertiary/aromatic N) is 2. The van der Waals surface area contributed by atoms with Gasteiger partial charge in [0.05, 0.1) is 18.4 Å². The van der Waals surface area contributed by atoms with Crippen LogP contribution in [0.15, 0.2) is 5.29 Å². The molecule has 0 aliphatic heterocycles. The van der Waals surface area contributed by atoms with Gasteiger partial charge in [0.2, 0.25) is 0 Å². The summed E-state index contributed by atoms with van der Waals surface area (Å²) < 4.78 is 0. The van der Waals surface area contributed by atoms with Crippen LogP contribution in [0.4, 0.5) is 0 Å². The number of hydrogen-bond donors (Lipinski definition) is 0. The van der Waals surface area contributed by atoms with Gasteiger partial charge in [-0.25, -0.2) is 0 Å². The molecule has 9 heavy (non-hydrogen) atoms. The highest BCUT2D eigenvalue weighted by Gasteiger charge is 1.97. The maximum atomic E-state index is 9.84. The standard InChI is InChI=1S/C4H8Cl2N2O/c5-1-3-8(7-9)4-2-6/h1-4H2. The lowest BCUT2D eigenvalue weighted by molar-refractivity contribution is 0.320. The minimum Gasteiger partial charge on any atom is -0.259 e. The van der Waals surface area contributed by atoms with Gasteiger partial charge in [0.15, 0.2) is 0 Å². The third kappa shape index (κ3) is 4.48. The third-order valence-electron chi connectivity index (χ3n) is 0.801. The molecule has 0 aromatic carbocycles. The molecule has 0 bridgehead atoms. The van der Waals surface area contributed by atoms with E-state index in [1.165, 1.54) is 5.01 Å². The molecule has 0 atom stereocenters. The van der Waals surface area contributed by atoms with Crippen molar-refractivity contribution < 1.29 is 0 Å². The molecule has 0 saturated heterocycles. The Bertz CT molecular complexity index is 75.0. The first-order chi connectivity index (χ1) is 4.35. The molecule has 0 rings (SSSR count). The molecule has 0 aromatic rings. The van der Waals surface area contributed by atoms with Crippen molar-refractivity contribution in [3.63, 3.8) is 0 Å². The fourth-order valence-corrected chi connectivity index (χ4v) is 0.779. The van der Waals surface area contributed by atoms with Crippen molar-refractivity contribution in [2.24, 2.45) is 5.29 Å². The molecule has 0 aliphatic rings. The minimum absolute atomic E-state index is 0.405. The Morgan fingerprint density at radius 3 is 1.89 bits per heavy atom. The topological polar surface area (TPSA) is 32.7 Å². The quantitative estimate of drug-likeness (QED) is 0.356. The number of alkyl halides is 2. The van der Waals surface area contributed by atoms with Gasteiger partial charge in [0.1, 0.15) is 0 Å². The summed E-state index contributed by atoms with van der Waals surface area (Å²) in [6.45, 7) is 0.940. The van der Waals surface area contributed by atoms with E-state index in [4.69, 9.17) is 23.2 Å². The van der Waals surface area contributed by atoms with Crippen molar-refractivity contribution in [1.82, 2.24) is 5.01 Å². The average molecular weight is 171 g/mol. The summed E-state index contributed by atoms with van der Waals surface area (Å²) >= 11 is 10.7. The van der Waals surface area contributed by atoms with Gasteiger partial charge < -0.3 is 0 Å². The van der Waals surface area contributed by atoms with Crippen LogP contribution in [-0.4, -0.2) is 29.9 Å². The van der Waals surface area contributed by atoms with E-state index in [0.717, 1.165) is 0 Å².